The molecule has 0 aromatic heterocycles. The number of carbonyl (C=O) groups is 2. The SMILES string of the molecule is CCCCCCN(CCOc1ccc(CC(OCC)C(=O)O)cc1)C(=O)NCCCC. The fourth-order valence-corrected chi connectivity index (χ4v) is 3.16. The number of rotatable bonds is 17. The lowest BCUT2D eigenvalue weighted by atomic mass is 10.1. The molecule has 0 aliphatic rings. The molecule has 0 heterocycles. The number of carboxylic acid groups (broad SMARTS) is 1. The lowest BCUT2D eigenvalue weighted by molar-refractivity contribution is -0.149. The average Bonchev–Trinajstić information content (AvgIpc) is 2.76. The Hall–Kier alpha value is -2.28. The Morgan fingerprint density at radius 1 is 1.00 bits per heavy atom. The van der Waals surface area contributed by atoms with Crippen molar-refractivity contribution in [2.24, 2.45) is 0 Å². The lowest BCUT2D eigenvalue weighted by Crippen LogP contribution is -2.42. The number of nitrogens with one attached hydrogen (secondary N) is 1. The summed E-state index contributed by atoms with van der Waals surface area (Å²) in [6.45, 7) is 8.78. The smallest absolute Gasteiger partial charge is 0.333 e. The second-order valence-electron chi connectivity index (χ2n) is 7.61. The van der Waals surface area contributed by atoms with E-state index < -0.39 is 12.1 Å². The van der Waals surface area contributed by atoms with Crippen LogP contribution in [0, 0.1) is 0 Å². The number of unbranched alkanes of at least 4 members (excludes halogenated alkanes) is 4. The average molecular weight is 437 g/mol. The van der Waals surface area contributed by atoms with Gasteiger partial charge in [-0.05, 0) is 37.5 Å². The van der Waals surface area contributed by atoms with Crippen LogP contribution >= 0.6 is 0 Å². The zero-order valence-electron chi connectivity index (χ0n) is 19.4. The van der Waals surface area contributed by atoms with Crippen molar-refractivity contribution in [3.63, 3.8) is 0 Å². The van der Waals surface area contributed by atoms with Gasteiger partial charge in [-0.25, -0.2) is 9.59 Å². The molecule has 0 aliphatic heterocycles. The molecule has 0 saturated carbocycles. The zero-order chi connectivity index (χ0) is 22.9. The van der Waals surface area contributed by atoms with Crippen molar-refractivity contribution < 1.29 is 24.2 Å². The van der Waals surface area contributed by atoms with E-state index in [0.717, 1.165) is 37.8 Å². The number of carboxylic acids is 1. The maximum Gasteiger partial charge on any atom is 0.333 e. The monoisotopic (exact) mass is 436 g/mol. The third kappa shape index (κ3) is 11.6. The molecule has 2 amide bonds. The fourth-order valence-electron chi connectivity index (χ4n) is 3.16. The summed E-state index contributed by atoms with van der Waals surface area (Å²) >= 11 is 0. The van der Waals surface area contributed by atoms with Crippen LogP contribution in [-0.4, -0.2) is 61.0 Å². The summed E-state index contributed by atoms with van der Waals surface area (Å²) in [7, 11) is 0. The first-order valence-electron chi connectivity index (χ1n) is 11.6. The highest BCUT2D eigenvalue weighted by molar-refractivity contribution is 5.74. The van der Waals surface area contributed by atoms with Crippen molar-refractivity contribution in [1.29, 1.82) is 0 Å². The van der Waals surface area contributed by atoms with E-state index in [1.54, 1.807) is 6.92 Å². The minimum Gasteiger partial charge on any atom is -0.492 e. The molecule has 1 aromatic rings. The van der Waals surface area contributed by atoms with Crippen LogP contribution in [0.5, 0.6) is 5.75 Å². The van der Waals surface area contributed by atoms with Gasteiger partial charge < -0.3 is 24.8 Å². The summed E-state index contributed by atoms with van der Waals surface area (Å²) in [6, 6.07) is 7.33. The Kier molecular flexibility index (Phi) is 14.2. The third-order valence-electron chi connectivity index (χ3n) is 4.99. The van der Waals surface area contributed by atoms with E-state index >= 15 is 0 Å². The van der Waals surface area contributed by atoms with Gasteiger partial charge in [0.25, 0.3) is 0 Å². The summed E-state index contributed by atoms with van der Waals surface area (Å²) in [5.74, 6) is -0.261. The Morgan fingerprint density at radius 3 is 2.32 bits per heavy atom. The van der Waals surface area contributed by atoms with Crippen molar-refractivity contribution in [3.05, 3.63) is 29.8 Å². The largest absolute Gasteiger partial charge is 0.492 e. The highest BCUT2D eigenvalue weighted by Gasteiger charge is 2.18. The number of benzene rings is 1. The van der Waals surface area contributed by atoms with Gasteiger partial charge in [-0.15, -0.1) is 0 Å². The molecule has 31 heavy (non-hydrogen) atoms. The van der Waals surface area contributed by atoms with Gasteiger partial charge in [-0.3, -0.25) is 0 Å². The van der Waals surface area contributed by atoms with Crippen molar-refractivity contribution in [2.75, 3.05) is 32.8 Å². The molecular formula is C24H40N2O5. The summed E-state index contributed by atoms with van der Waals surface area (Å²) < 4.78 is 11.1. The third-order valence-corrected chi connectivity index (χ3v) is 4.99. The van der Waals surface area contributed by atoms with Crippen LogP contribution < -0.4 is 10.1 Å². The molecule has 0 aliphatic carbocycles. The van der Waals surface area contributed by atoms with Gasteiger partial charge in [0.05, 0.1) is 6.54 Å². The first-order valence-corrected chi connectivity index (χ1v) is 11.6. The molecule has 2 N–H and O–H groups in total. The van der Waals surface area contributed by atoms with Gasteiger partial charge in [0.1, 0.15) is 12.4 Å². The molecule has 1 unspecified atom stereocenters. The molecule has 7 nitrogen and oxygen atoms in total. The van der Waals surface area contributed by atoms with Crippen LogP contribution in [0.2, 0.25) is 0 Å². The first-order chi connectivity index (χ1) is 15.0. The number of hydrogen-bond acceptors (Lipinski definition) is 4. The Morgan fingerprint density at radius 2 is 1.71 bits per heavy atom. The molecule has 0 saturated heterocycles. The molecule has 1 aromatic carbocycles. The molecule has 1 rings (SSSR count). The second kappa shape index (κ2) is 16.4. The number of amides is 2. The molecule has 7 heteroatoms. The number of ether oxygens (including phenoxy) is 2. The van der Waals surface area contributed by atoms with Gasteiger partial charge in [0.2, 0.25) is 0 Å². The maximum atomic E-state index is 12.5. The number of hydrogen-bond donors (Lipinski definition) is 2. The van der Waals surface area contributed by atoms with E-state index in [-0.39, 0.29) is 6.03 Å². The van der Waals surface area contributed by atoms with E-state index in [1.807, 2.05) is 29.2 Å². The van der Waals surface area contributed by atoms with Crippen molar-refractivity contribution in [2.45, 2.75) is 71.8 Å². The zero-order valence-corrected chi connectivity index (χ0v) is 19.4. The van der Waals surface area contributed by atoms with E-state index in [1.165, 1.54) is 12.8 Å². The van der Waals surface area contributed by atoms with Crippen LogP contribution in [-0.2, 0) is 16.0 Å². The first kappa shape index (κ1) is 26.8. The minimum absolute atomic E-state index is 0.0282. The molecule has 0 spiro atoms. The van der Waals surface area contributed by atoms with E-state index in [0.29, 0.717) is 38.5 Å². The van der Waals surface area contributed by atoms with Gasteiger partial charge in [-0.2, -0.15) is 0 Å². The molecule has 176 valence electrons. The van der Waals surface area contributed by atoms with Crippen molar-refractivity contribution >= 4 is 12.0 Å². The fraction of sp³-hybridized carbons (Fsp3) is 0.667. The van der Waals surface area contributed by atoms with Gasteiger partial charge in [-0.1, -0.05) is 51.7 Å². The quantitative estimate of drug-likeness (QED) is 0.351. The van der Waals surface area contributed by atoms with Crippen LogP contribution in [0.3, 0.4) is 0 Å². The second-order valence-corrected chi connectivity index (χ2v) is 7.61. The van der Waals surface area contributed by atoms with E-state index in [9.17, 15) is 14.7 Å². The molecule has 1 atom stereocenters. The predicted octanol–water partition coefficient (Wildman–Crippen LogP) is 4.49. The molecule has 0 fully saturated rings. The van der Waals surface area contributed by atoms with Crippen molar-refractivity contribution in [3.8, 4) is 5.75 Å². The standard InChI is InChI=1S/C24H40N2O5/c1-4-7-9-10-16-26(24(29)25-15-8-5-2)17-18-31-21-13-11-20(12-14-21)19-22(23(27)28)30-6-3/h11-14,22H,4-10,15-19H2,1-3H3,(H,25,29)(H,27,28). The minimum atomic E-state index is -0.960. The Balaban J connectivity index is 2.52. The molecule has 0 bridgehead atoms. The Bertz CT molecular complexity index is 621. The molecule has 0 radical (unpaired) electrons. The van der Waals surface area contributed by atoms with Crippen LogP contribution in [0.15, 0.2) is 24.3 Å². The van der Waals surface area contributed by atoms with Crippen LogP contribution in [0.1, 0.15) is 64.9 Å². The summed E-state index contributed by atoms with van der Waals surface area (Å²) in [5, 5.41) is 12.2. The maximum absolute atomic E-state index is 12.5. The van der Waals surface area contributed by atoms with Crippen LogP contribution in [0.4, 0.5) is 4.79 Å². The van der Waals surface area contributed by atoms with E-state index in [2.05, 4.69) is 19.2 Å². The highest BCUT2D eigenvalue weighted by atomic mass is 16.5. The number of aliphatic carboxylic acids is 1. The number of urea groups is 1. The number of carbonyl (C=O) groups excluding carboxylic acids is 1. The summed E-state index contributed by atoms with van der Waals surface area (Å²) in [4.78, 5) is 25.5. The van der Waals surface area contributed by atoms with E-state index in [4.69, 9.17) is 9.47 Å². The van der Waals surface area contributed by atoms with Crippen LogP contribution in [0.25, 0.3) is 0 Å². The summed E-state index contributed by atoms with van der Waals surface area (Å²) in [6.07, 6.45) is 5.96. The topological polar surface area (TPSA) is 88.1 Å². The van der Waals surface area contributed by atoms with Gasteiger partial charge in [0, 0.05) is 26.1 Å². The highest BCUT2D eigenvalue weighted by Crippen LogP contribution is 2.15. The summed E-state index contributed by atoms with van der Waals surface area (Å²) in [5.41, 5.74) is 0.876. The predicted molar refractivity (Wildman–Crippen MR) is 123 cm³/mol. The van der Waals surface area contributed by atoms with Gasteiger partial charge >= 0.3 is 12.0 Å². The van der Waals surface area contributed by atoms with Crippen molar-refractivity contribution in [1.82, 2.24) is 10.2 Å². The normalized spacial score (nSPS) is 11.7. The number of nitrogens with zero attached hydrogens (tertiary/aromatic N) is 1. The molecular weight excluding hydrogens is 396 g/mol. The lowest BCUT2D eigenvalue weighted by Gasteiger charge is -2.23. The van der Waals surface area contributed by atoms with Gasteiger partial charge in [0.15, 0.2) is 6.10 Å². The Labute approximate surface area is 187 Å².